The first-order valence-corrected chi connectivity index (χ1v) is 2.53. The van der Waals surface area contributed by atoms with E-state index >= 15 is 0 Å². The zero-order chi connectivity index (χ0) is 5.28. The van der Waals surface area contributed by atoms with E-state index in [2.05, 4.69) is 0 Å². The molecular weight excluding hydrogens is 90.1 g/mol. The average Bonchev–Trinajstić information content (AvgIpc) is 1.87. The van der Waals surface area contributed by atoms with Crippen molar-refractivity contribution in [1.29, 1.82) is 5.41 Å². The smallest absolute Gasteiger partial charge is 0.0595 e. The Labute approximate surface area is 42.7 Å². The molecule has 2 N–H and O–H groups in total. The maximum absolute atomic E-state index is 8.76. The Kier molecular flexibility index (Phi) is 1.11. The first kappa shape index (κ1) is 4.78. The predicted molar refractivity (Wildman–Crippen MR) is 27.6 cm³/mol. The van der Waals surface area contributed by atoms with Crippen molar-refractivity contribution in [2.75, 3.05) is 0 Å². The van der Waals surface area contributed by atoms with Crippen LogP contribution in [-0.4, -0.2) is 16.9 Å². The van der Waals surface area contributed by atoms with Crippen LogP contribution < -0.4 is 0 Å². The number of hydrogen-bond donors (Lipinski definition) is 2. The molecule has 1 fully saturated rings. The van der Waals surface area contributed by atoms with Gasteiger partial charge in [-0.05, 0) is 12.8 Å². The lowest BCUT2D eigenvalue weighted by molar-refractivity contribution is 0.188. The second-order valence-electron chi connectivity index (χ2n) is 2.00. The molecule has 1 aliphatic carbocycles. The summed E-state index contributed by atoms with van der Waals surface area (Å²) in [4.78, 5) is 0. The van der Waals surface area contributed by atoms with E-state index in [1.165, 1.54) is 0 Å². The summed E-state index contributed by atoms with van der Waals surface area (Å²) in [6, 6.07) is 0. The Morgan fingerprint density at radius 3 is 2.57 bits per heavy atom. The minimum Gasteiger partial charge on any atom is -0.393 e. The molecule has 0 spiro atoms. The van der Waals surface area contributed by atoms with E-state index < -0.39 is 0 Å². The van der Waals surface area contributed by atoms with Crippen LogP contribution in [0.2, 0.25) is 0 Å². The standard InChI is InChI=1S/C5H9NO/c6-4-1-2-5(7)3-4/h5-7H,1-3H2. The number of aliphatic hydroxyl groups excluding tert-OH is 1. The largest absolute Gasteiger partial charge is 0.393 e. The number of rotatable bonds is 0. The van der Waals surface area contributed by atoms with Crippen molar-refractivity contribution in [3.8, 4) is 0 Å². The highest BCUT2D eigenvalue weighted by atomic mass is 16.3. The van der Waals surface area contributed by atoms with Crippen molar-refractivity contribution in [3.63, 3.8) is 0 Å². The lowest BCUT2D eigenvalue weighted by Crippen LogP contribution is -1.97. The molecular formula is C5H9NO. The quantitative estimate of drug-likeness (QED) is 0.457. The third-order valence-electron chi connectivity index (χ3n) is 1.26. The van der Waals surface area contributed by atoms with E-state index in [-0.39, 0.29) is 6.10 Å². The van der Waals surface area contributed by atoms with Crippen molar-refractivity contribution >= 4 is 5.71 Å². The van der Waals surface area contributed by atoms with Gasteiger partial charge in [-0.2, -0.15) is 0 Å². The second kappa shape index (κ2) is 1.62. The molecule has 0 aromatic rings. The summed E-state index contributed by atoms with van der Waals surface area (Å²) in [5.41, 5.74) is 0.701. The molecule has 1 saturated carbocycles. The highest BCUT2D eigenvalue weighted by molar-refractivity contribution is 5.83. The summed E-state index contributed by atoms with van der Waals surface area (Å²) >= 11 is 0. The van der Waals surface area contributed by atoms with Gasteiger partial charge in [0.2, 0.25) is 0 Å². The number of nitrogens with one attached hydrogen (secondary N) is 1. The molecule has 2 heteroatoms. The lowest BCUT2D eigenvalue weighted by atomic mass is 10.3. The van der Waals surface area contributed by atoms with Crippen molar-refractivity contribution < 1.29 is 5.11 Å². The van der Waals surface area contributed by atoms with Crippen LogP contribution in [0.4, 0.5) is 0 Å². The maximum Gasteiger partial charge on any atom is 0.0595 e. The summed E-state index contributed by atoms with van der Waals surface area (Å²) in [5.74, 6) is 0. The van der Waals surface area contributed by atoms with Crippen molar-refractivity contribution in [2.24, 2.45) is 0 Å². The highest BCUT2D eigenvalue weighted by Gasteiger charge is 2.15. The molecule has 1 unspecified atom stereocenters. The van der Waals surface area contributed by atoms with Crippen molar-refractivity contribution in [1.82, 2.24) is 0 Å². The summed E-state index contributed by atoms with van der Waals surface area (Å²) in [6.07, 6.45) is 2.02. The molecule has 0 amide bonds. The molecule has 2 nitrogen and oxygen atoms in total. The van der Waals surface area contributed by atoms with Gasteiger partial charge in [0.05, 0.1) is 6.10 Å². The van der Waals surface area contributed by atoms with Crippen LogP contribution in [0.1, 0.15) is 19.3 Å². The summed E-state index contributed by atoms with van der Waals surface area (Å²) < 4.78 is 0. The molecule has 0 heterocycles. The Morgan fingerprint density at radius 2 is 2.43 bits per heavy atom. The van der Waals surface area contributed by atoms with Crippen molar-refractivity contribution in [2.45, 2.75) is 25.4 Å². The topological polar surface area (TPSA) is 44.1 Å². The Morgan fingerprint density at radius 1 is 1.71 bits per heavy atom. The maximum atomic E-state index is 8.76. The van der Waals surface area contributed by atoms with Crippen LogP contribution in [0.5, 0.6) is 0 Å². The Hall–Kier alpha value is -0.370. The second-order valence-corrected chi connectivity index (χ2v) is 2.00. The lowest BCUT2D eigenvalue weighted by Gasteiger charge is -1.91. The van der Waals surface area contributed by atoms with Gasteiger partial charge in [0.25, 0.3) is 0 Å². The summed E-state index contributed by atoms with van der Waals surface area (Å²) in [6.45, 7) is 0. The molecule has 1 rings (SSSR count). The van der Waals surface area contributed by atoms with Gasteiger partial charge in [-0.25, -0.2) is 0 Å². The summed E-state index contributed by atoms with van der Waals surface area (Å²) in [5, 5.41) is 15.8. The van der Waals surface area contributed by atoms with Crippen LogP contribution >= 0.6 is 0 Å². The average molecular weight is 99.1 g/mol. The van der Waals surface area contributed by atoms with E-state index in [0.29, 0.717) is 12.1 Å². The molecule has 0 aromatic carbocycles. The normalized spacial score (nSPS) is 31.6. The van der Waals surface area contributed by atoms with E-state index in [1.807, 2.05) is 0 Å². The molecule has 0 saturated heterocycles. The first-order valence-electron chi connectivity index (χ1n) is 2.53. The third kappa shape index (κ3) is 0.996. The molecule has 0 radical (unpaired) electrons. The molecule has 0 aromatic heterocycles. The van der Waals surface area contributed by atoms with E-state index in [9.17, 15) is 0 Å². The van der Waals surface area contributed by atoms with Gasteiger partial charge in [-0.3, -0.25) is 0 Å². The van der Waals surface area contributed by atoms with E-state index in [4.69, 9.17) is 10.5 Å². The van der Waals surface area contributed by atoms with Gasteiger partial charge in [0.15, 0.2) is 0 Å². The summed E-state index contributed by atoms with van der Waals surface area (Å²) in [7, 11) is 0. The molecule has 40 valence electrons. The SMILES string of the molecule is N=C1CCC(O)C1. The predicted octanol–water partition coefficient (Wildman–Crippen LogP) is 0.551. The first-order chi connectivity index (χ1) is 3.29. The van der Waals surface area contributed by atoms with Crippen LogP contribution in [0, 0.1) is 5.41 Å². The van der Waals surface area contributed by atoms with Gasteiger partial charge in [0, 0.05) is 12.1 Å². The Bertz CT molecular complexity index is 90.1. The highest BCUT2D eigenvalue weighted by Crippen LogP contribution is 2.13. The fourth-order valence-electron chi connectivity index (χ4n) is 0.829. The molecule has 0 bridgehead atoms. The minimum atomic E-state index is -0.201. The molecule has 7 heavy (non-hydrogen) atoms. The Balaban J connectivity index is 2.40. The molecule has 1 atom stereocenters. The van der Waals surface area contributed by atoms with Crippen molar-refractivity contribution in [3.05, 3.63) is 0 Å². The van der Waals surface area contributed by atoms with Gasteiger partial charge >= 0.3 is 0 Å². The van der Waals surface area contributed by atoms with E-state index in [0.717, 1.165) is 12.8 Å². The number of hydrogen-bond acceptors (Lipinski definition) is 2. The van der Waals surface area contributed by atoms with Gasteiger partial charge in [-0.1, -0.05) is 0 Å². The monoisotopic (exact) mass is 99.1 g/mol. The fourth-order valence-corrected chi connectivity index (χ4v) is 0.829. The van der Waals surface area contributed by atoms with Crippen LogP contribution in [0.3, 0.4) is 0 Å². The van der Waals surface area contributed by atoms with Crippen LogP contribution in [0.15, 0.2) is 0 Å². The number of aliphatic hydroxyl groups is 1. The third-order valence-corrected chi connectivity index (χ3v) is 1.26. The van der Waals surface area contributed by atoms with Gasteiger partial charge in [0.1, 0.15) is 0 Å². The minimum absolute atomic E-state index is 0.201. The fraction of sp³-hybridized carbons (Fsp3) is 0.800. The molecule has 1 aliphatic rings. The van der Waals surface area contributed by atoms with Gasteiger partial charge in [-0.15, -0.1) is 0 Å². The van der Waals surface area contributed by atoms with Crippen LogP contribution in [-0.2, 0) is 0 Å². The zero-order valence-corrected chi connectivity index (χ0v) is 4.15. The van der Waals surface area contributed by atoms with Gasteiger partial charge < -0.3 is 10.5 Å². The van der Waals surface area contributed by atoms with E-state index in [1.54, 1.807) is 0 Å². The van der Waals surface area contributed by atoms with Crippen LogP contribution in [0.25, 0.3) is 0 Å². The zero-order valence-electron chi connectivity index (χ0n) is 4.15. The molecule has 0 aliphatic heterocycles.